The van der Waals surface area contributed by atoms with E-state index in [1.54, 1.807) is 17.0 Å². The first-order chi connectivity index (χ1) is 16.6. The van der Waals surface area contributed by atoms with Gasteiger partial charge in [-0.1, -0.05) is 61.9 Å². The van der Waals surface area contributed by atoms with E-state index in [0.717, 1.165) is 15.4 Å². The van der Waals surface area contributed by atoms with Gasteiger partial charge in [-0.15, -0.1) is 0 Å². The van der Waals surface area contributed by atoms with Gasteiger partial charge >= 0.3 is 0 Å². The summed E-state index contributed by atoms with van der Waals surface area (Å²) >= 11 is 0. The van der Waals surface area contributed by atoms with Gasteiger partial charge in [-0.3, -0.25) is 9.59 Å². The van der Waals surface area contributed by atoms with E-state index in [1.165, 1.54) is 12.1 Å². The van der Waals surface area contributed by atoms with E-state index in [2.05, 4.69) is 0 Å². The molecule has 0 saturated carbocycles. The van der Waals surface area contributed by atoms with Crippen LogP contribution in [0.3, 0.4) is 0 Å². The lowest BCUT2D eigenvalue weighted by Crippen LogP contribution is -2.44. The predicted molar refractivity (Wildman–Crippen MR) is 137 cm³/mol. The molecule has 1 fully saturated rings. The van der Waals surface area contributed by atoms with Crippen LogP contribution in [0, 0.1) is 18.3 Å². The molecule has 2 aromatic carbocycles. The molecule has 1 heterocycles. The molecule has 1 unspecified atom stereocenters. The summed E-state index contributed by atoms with van der Waals surface area (Å²) in [5.74, 6) is -0.507. The molecule has 7 nitrogen and oxygen atoms in total. The molecule has 1 aliphatic heterocycles. The second-order valence-electron chi connectivity index (χ2n) is 9.91. The van der Waals surface area contributed by atoms with Crippen molar-refractivity contribution in [3.05, 3.63) is 65.7 Å². The number of amides is 2. The topological polar surface area (TPSA) is 101 Å². The summed E-state index contributed by atoms with van der Waals surface area (Å²) in [6.07, 6.45) is 1.45. The lowest BCUT2D eigenvalue weighted by atomic mass is 9.75. The molecule has 35 heavy (non-hydrogen) atoms. The van der Waals surface area contributed by atoms with Crippen molar-refractivity contribution in [2.24, 2.45) is 17.1 Å². The van der Waals surface area contributed by atoms with Gasteiger partial charge in [0.15, 0.2) is 0 Å². The first-order valence-corrected chi connectivity index (χ1v) is 13.7. The lowest BCUT2D eigenvalue weighted by Gasteiger charge is -2.32. The number of carbonyl (C=O) groups excluding carboxylic acids is 2. The summed E-state index contributed by atoms with van der Waals surface area (Å²) in [5, 5.41) is 0. The fourth-order valence-corrected chi connectivity index (χ4v) is 6.37. The van der Waals surface area contributed by atoms with Crippen LogP contribution in [0.2, 0.25) is 0 Å². The van der Waals surface area contributed by atoms with Crippen LogP contribution in [0.4, 0.5) is 0 Å². The third-order valence-corrected chi connectivity index (χ3v) is 8.43. The molecule has 0 spiro atoms. The van der Waals surface area contributed by atoms with Crippen molar-refractivity contribution in [1.82, 2.24) is 9.21 Å². The number of aryl methyl sites for hydroxylation is 1. The molecule has 8 heteroatoms. The largest absolute Gasteiger partial charge is 0.341 e. The third kappa shape index (κ3) is 6.30. The molecule has 0 bridgehead atoms. The zero-order chi connectivity index (χ0) is 25.6. The molecule has 0 aromatic heterocycles. The molecule has 1 aliphatic rings. The van der Waals surface area contributed by atoms with Crippen molar-refractivity contribution >= 4 is 21.8 Å². The maximum absolute atomic E-state index is 13.7. The normalized spacial score (nSPS) is 18.3. The number of nitrogens with two attached hydrogens (primary N) is 1. The standard InChI is InChI=1S/C27H37N3O4S/c1-21(2)19-27(20-25(31)29(18-15-28)16-13-23-7-5-4-6-8-23)14-17-30(26(27)32)35(33,34)24-11-9-22(3)10-12-24/h4-12,21H,13-20,28H2,1-3H3. The average molecular weight is 500 g/mol. The summed E-state index contributed by atoms with van der Waals surface area (Å²) in [4.78, 5) is 29.0. The van der Waals surface area contributed by atoms with Crippen LogP contribution in [-0.4, -0.2) is 55.6 Å². The van der Waals surface area contributed by atoms with Gasteiger partial charge in [0.2, 0.25) is 11.8 Å². The zero-order valence-corrected chi connectivity index (χ0v) is 21.8. The van der Waals surface area contributed by atoms with Gasteiger partial charge in [0, 0.05) is 32.6 Å². The van der Waals surface area contributed by atoms with E-state index in [1.807, 2.05) is 51.1 Å². The molecule has 1 saturated heterocycles. The second-order valence-corrected chi connectivity index (χ2v) is 11.8. The molecule has 2 N–H and O–H groups in total. The van der Waals surface area contributed by atoms with Crippen LogP contribution in [0.1, 0.15) is 44.2 Å². The molecular weight excluding hydrogens is 462 g/mol. The number of hydrogen-bond acceptors (Lipinski definition) is 5. The van der Waals surface area contributed by atoms with Crippen molar-refractivity contribution in [2.45, 2.75) is 51.3 Å². The quantitative estimate of drug-likeness (QED) is 0.511. The first-order valence-electron chi connectivity index (χ1n) is 12.2. The van der Waals surface area contributed by atoms with Gasteiger partial charge in [0.25, 0.3) is 10.0 Å². The van der Waals surface area contributed by atoms with Gasteiger partial charge in [0.1, 0.15) is 0 Å². The Labute approximate surface area is 209 Å². The molecule has 2 amide bonds. The van der Waals surface area contributed by atoms with Gasteiger partial charge < -0.3 is 10.6 Å². The Morgan fingerprint density at radius 3 is 2.34 bits per heavy atom. The van der Waals surface area contributed by atoms with E-state index >= 15 is 0 Å². The summed E-state index contributed by atoms with van der Waals surface area (Å²) in [6.45, 7) is 7.14. The van der Waals surface area contributed by atoms with Gasteiger partial charge in [-0.25, -0.2) is 12.7 Å². The maximum atomic E-state index is 13.7. The fourth-order valence-electron chi connectivity index (χ4n) is 4.89. The van der Waals surface area contributed by atoms with Crippen LogP contribution in [0.25, 0.3) is 0 Å². The fraction of sp³-hybridized carbons (Fsp3) is 0.481. The highest BCUT2D eigenvalue weighted by molar-refractivity contribution is 7.89. The number of sulfonamides is 1. The summed E-state index contributed by atoms with van der Waals surface area (Å²) in [6, 6.07) is 16.4. The van der Waals surface area contributed by atoms with Crippen molar-refractivity contribution in [2.75, 3.05) is 26.2 Å². The van der Waals surface area contributed by atoms with E-state index in [4.69, 9.17) is 5.73 Å². The lowest BCUT2D eigenvalue weighted by molar-refractivity contribution is -0.142. The Balaban J connectivity index is 1.82. The highest BCUT2D eigenvalue weighted by Gasteiger charge is 2.52. The number of carbonyl (C=O) groups is 2. The number of benzene rings is 2. The Morgan fingerprint density at radius 2 is 1.74 bits per heavy atom. The van der Waals surface area contributed by atoms with Crippen LogP contribution in [0.5, 0.6) is 0 Å². The van der Waals surface area contributed by atoms with Crippen molar-refractivity contribution in [1.29, 1.82) is 0 Å². The first kappa shape index (κ1) is 26.9. The van der Waals surface area contributed by atoms with Crippen LogP contribution in [-0.2, 0) is 26.0 Å². The molecule has 0 aliphatic carbocycles. The summed E-state index contributed by atoms with van der Waals surface area (Å²) < 4.78 is 27.6. The number of nitrogens with zero attached hydrogens (tertiary/aromatic N) is 2. The monoisotopic (exact) mass is 499 g/mol. The van der Waals surface area contributed by atoms with Crippen molar-refractivity contribution in [3.8, 4) is 0 Å². The molecule has 1 atom stereocenters. The maximum Gasteiger partial charge on any atom is 0.266 e. The van der Waals surface area contributed by atoms with Crippen LogP contribution >= 0.6 is 0 Å². The van der Waals surface area contributed by atoms with E-state index in [0.29, 0.717) is 38.9 Å². The summed E-state index contributed by atoms with van der Waals surface area (Å²) in [7, 11) is -3.99. The highest BCUT2D eigenvalue weighted by atomic mass is 32.2. The van der Waals surface area contributed by atoms with Crippen molar-refractivity contribution in [3.63, 3.8) is 0 Å². The van der Waals surface area contributed by atoms with Crippen molar-refractivity contribution < 1.29 is 18.0 Å². The minimum Gasteiger partial charge on any atom is -0.341 e. The van der Waals surface area contributed by atoms with Crippen LogP contribution in [0.15, 0.2) is 59.5 Å². The van der Waals surface area contributed by atoms with Gasteiger partial charge in [-0.2, -0.15) is 0 Å². The predicted octanol–water partition coefficient (Wildman–Crippen LogP) is 3.37. The SMILES string of the molecule is Cc1ccc(S(=O)(=O)N2CCC(CC(=O)N(CCN)CCc3ccccc3)(CC(C)C)C2=O)cc1. The highest BCUT2D eigenvalue weighted by Crippen LogP contribution is 2.43. The van der Waals surface area contributed by atoms with E-state index < -0.39 is 21.3 Å². The van der Waals surface area contributed by atoms with Gasteiger partial charge in [0.05, 0.1) is 10.3 Å². The average Bonchev–Trinajstić information content (AvgIpc) is 3.13. The Morgan fingerprint density at radius 1 is 1.09 bits per heavy atom. The Bertz CT molecular complexity index is 1120. The van der Waals surface area contributed by atoms with Crippen LogP contribution < -0.4 is 5.73 Å². The minimum absolute atomic E-state index is 0.0152. The van der Waals surface area contributed by atoms with E-state index in [-0.39, 0.29) is 29.7 Å². The third-order valence-electron chi connectivity index (χ3n) is 6.64. The van der Waals surface area contributed by atoms with E-state index in [9.17, 15) is 18.0 Å². The number of rotatable bonds is 11. The minimum atomic E-state index is -3.99. The summed E-state index contributed by atoms with van der Waals surface area (Å²) in [5.41, 5.74) is 6.81. The Hall–Kier alpha value is -2.71. The zero-order valence-electron chi connectivity index (χ0n) is 20.9. The Kier molecular flexibility index (Phi) is 8.72. The molecule has 0 radical (unpaired) electrons. The molecular formula is C27H37N3O4S. The van der Waals surface area contributed by atoms with Gasteiger partial charge in [-0.05, 0) is 49.8 Å². The molecule has 2 aromatic rings. The number of hydrogen-bond donors (Lipinski definition) is 1. The second kappa shape index (κ2) is 11.4. The smallest absolute Gasteiger partial charge is 0.266 e. The molecule has 3 rings (SSSR count). The molecule has 190 valence electrons.